The summed E-state index contributed by atoms with van der Waals surface area (Å²) in [5, 5.41) is 9.47. The average molecular weight is 489 g/mol. The van der Waals surface area contributed by atoms with Gasteiger partial charge in [0.05, 0.1) is 35.1 Å². The molecule has 1 aliphatic carbocycles. The van der Waals surface area contributed by atoms with Crippen molar-refractivity contribution in [3.8, 4) is 17.1 Å². The molecule has 1 aromatic carbocycles. The van der Waals surface area contributed by atoms with E-state index in [4.69, 9.17) is 9.84 Å². The normalized spacial score (nSPS) is 13.2. The maximum Gasteiger partial charge on any atom is 0.341 e. The van der Waals surface area contributed by atoms with Gasteiger partial charge in [-0.25, -0.2) is 23.8 Å². The highest BCUT2D eigenvalue weighted by molar-refractivity contribution is 5.92. The predicted molar refractivity (Wildman–Crippen MR) is 132 cm³/mol. The number of aromatic nitrogens is 6. The predicted octanol–water partition coefficient (Wildman–Crippen LogP) is 4.77. The van der Waals surface area contributed by atoms with E-state index in [1.54, 1.807) is 30.7 Å². The summed E-state index contributed by atoms with van der Waals surface area (Å²) in [6, 6.07) is 8.45. The minimum absolute atomic E-state index is 0.256. The summed E-state index contributed by atoms with van der Waals surface area (Å²) in [6.07, 6.45) is 4.44. The van der Waals surface area contributed by atoms with E-state index in [0.717, 1.165) is 34.8 Å². The molecule has 9 heteroatoms. The standard InChI is InChI=1S/C27H29FN6O2/c1-5-36-27(35)25-17(3)31-34(18(25)4)24-13-22(29-15-30-24)12-23-16(2)26(20-8-10-21(28)11-9-20)33(32-23)14-19-6-7-19/h8-11,13,15,19H,5-7,12,14H2,1-4H3. The lowest BCUT2D eigenvalue weighted by atomic mass is 10.0. The van der Waals surface area contributed by atoms with Crippen molar-refractivity contribution >= 4 is 5.97 Å². The largest absolute Gasteiger partial charge is 0.462 e. The third-order valence-corrected chi connectivity index (χ3v) is 6.58. The molecule has 0 unspecified atom stereocenters. The molecule has 8 nitrogen and oxygen atoms in total. The molecule has 3 heterocycles. The van der Waals surface area contributed by atoms with Crippen LogP contribution in [-0.2, 0) is 17.7 Å². The zero-order valence-corrected chi connectivity index (χ0v) is 21.0. The van der Waals surface area contributed by atoms with Crippen molar-refractivity contribution in [2.24, 2.45) is 5.92 Å². The summed E-state index contributed by atoms with van der Waals surface area (Å²) in [5.41, 5.74) is 6.43. The highest BCUT2D eigenvalue weighted by Crippen LogP contribution is 2.34. The Balaban J connectivity index is 1.48. The Hall–Kier alpha value is -3.88. The lowest BCUT2D eigenvalue weighted by Gasteiger charge is -2.08. The molecule has 0 atom stereocenters. The number of halogens is 1. The van der Waals surface area contributed by atoms with Crippen molar-refractivity contribution in [2.75, 3.05) is 6.61 Å². The second kappa shape index (κ2) is 9.64. The number of hydrogen-bond donors (Lipinski definition) is 0. The lowest BCUT2D eigenvalue weighted by molar-refractivity contribution is 0.0524. The van der Waals surface area contributed by atoms with E-state index in [2.05, 4.69) is 26.7 Å². The molecule has 0 bridgehead atoms. The number of rotatable bonds is 8. The summed E-state index contributed by atoms with van der Waals surface area (Å²) < 4.78 is 22.5. The number of benzene rings is 1. The van der Waals surface area contributed by atoms with Crippen molar-refractivity contribution in [3.63, 3.8) is 0 Å². The lowest BCUT2D eigenvalue weighted by Crippen LogP contribution is -2.09. The fourth-order valence-corrected chi connectivity index (χ4v) is 4.55. The van der Waals surface area contributed by atoms with E-state index in [9.17, 15) is 9.18 Å². The number of hydrogen-bond acceptors (Lipinski definition) is 6. The van der Waals surface area contributed by atoms with Gasteiger partial charge in [-0.2, -0.15) is 10.2 Å². The smallest absolute Gasteiger partial charge is 0.341 e. The molecule has 186 valence electrons. The van der Waals surface area contributed by atoms with E-state index >= 15 is 0 Å². The zero-order chi connectivity index (χ0) is 25.4. The first-order valence-electron chi connectivity index (χ1n) is 12.2. The highest BCUT2D eigenvalue weighted by atomic mass is 19.1. The van der Waals surface area contributed by atoms with Gasteiger partial charge in [0.2, 0.25) is 0 Å². The summed E-state index contributed by atoms with van der Waals surface area (Å²) >= 11 is 0. The zero-order valence-electron chi connectivity index (χ0n) is 21.0. The van der Waals surface area contributed by atoms with Gasteiger partial charge >= 0.3 is 5.97 Å². The molecule has 36 heavy (non-hydrogen) atoms. The van der Waals surface area contributed by atoms with Gasteiger partial charge in [-0.15, -0.1) is 0 Å². The highest BCUT2D eigenvalue weighted by Gasteiger charge is 2.26. The molecular weight excluding hydrogens is 459 g/mol. The topological polar surface area (TPSA) is 87.7 Å². The maximum absolute atomic E-state index is 13.6. The van der Waals surface area contributed by atoms with Crippen molar-refractivity contribution in [2.45, 2.75) is 53.5 Å². The summed E-state index contributed by atoms with van der Waals surface area (Å²) in [7, 11) is 0. The molecule has 0 aliphatic heterocycles. The van der Waals surface area contributed by atoms with E-state index in [-0.39, 0.29) is 5.82 Å². The van der Waals surface area contributed by atoms with Gasteiger partial charge in [0.1, 0.15) is 17.7 Å². The Labute approximate surface area is 209 Å². The summed E-state index contributed by atoms with van der Waals surface area (Å²) in [4.78, 5) is 21.3. The van der Waals surface area contributed by atoms with Gasteiger partial charge in [0.15, 0.2) is 5.82 Å². The molecule has 0 N–H and O–H groups in total. The van der Waals surface area contributed by atoms with Gasteiger partial charge in [0.25, 0.3) is 0 Å². The molecule has 0 spiro atoms. The maximum atomic E-state index is 13.6. The van der Waals surface area contributed by atoms with Gasteiger partial charge < -0.3 is 4.74 Å². The fourth-order valence-electron chi connectivity index (χ4n) is 4.55. The molecule has 1 aliphatic rings. The van der Waals surface area contributed by atoms with E-state index in [0.29, 0.717) is 41.7 Å². The van der Waals surface area contributed by atoms with Crippen LogP contribution in [0.5, 0.6) is 0 Å². The first kappa shape index (κ1) is 23.8. The second-order valence-electron chi connectivity index (χ2n) is 9.28. The summed E-state index contributed by atoms with van der Waals surface area (Å²) in [5.74, 6) is 0.568. The number of carbonyl (C=O) groups excluding carboxylic acids is 1. The molecular formula is C27H29FN6O2. The third kappa shape index (κ3) is 4.65. The van der Waals surface area contributed by atoms with Crippen LogP contribution in [0, 0.1) is 32.5 Å². The Morgan fingerprint density at radius 3 is 2.56 bits per heavy atom. The monoisotopic (exact) mass is 488 g/mol. The number of aryl methyl sites for hydroxylation is 1. The molecule has 5 rings (SSSR count). The molecule has 0 amide bonds. The second-order valence-corrected chi connectivity index (χ2v) is 9.28. The van der Waals surface area contributed by atoms with Crippen LogP contribution in [0.2, 0.25) is 0 Å². The van der Waals surface area contributed by atoms with Crippen LogP contribution in [0.4, 0.5) is 4.39 Å². The Bertz CT molecular complexity index is 1420. The minimum Gasteiger partial charge on any atom is -0.462 e. The summed E-state index contributed by atoms with van der Waals surface area (Å²) in [6.45, 7) is 8.59. The molecule has 1 saturated carbocycles. The van der Waals surface area contributed by atoms with Gasteiger partial charge in [-0.05, 0) is 76.3 Å². The SMILES string of the molecule is CCOC(=O)c1c(C)nn(-c2cc(Cc3nn(CC4CC4)c(-c4ccc(F)cc4)c3C)ncn2)c1C. The number of esters is 1. The van der Waals surface area contributed by atoms with E-state index < -0.39 is 5.97 Å². The van der Waals surface area contributed by atoms with Crippen LogP contribution in [0.15, 0.2) is 36.7 Å². The van der Waals surface area contributed by atoms with Gasteiger partial charge in [-0.3, -0.25) is 4.68 Å². The molecule has 3 aromatic heterocycles. The Kier molecular flexibility index (Phi) is 6.38. The third-order valence-electron chi connectivity index (χ3n) is 6.58. The average Bonchev–Trinajstić information content (AvgIpc) is 3.55. The quantitative estimate of drug-likeness (QED) is 0.332. The van der Waals surface area contributed by atoms with Crippen LogP contribution in [0.3, 0.4) is 0 Å². The molecule has 4 aromatic rings. The van der Waals surface area contributed by atoms with Crippen LogP contribution in [0.25, 0.3) is 17.1 Å². The number of ether oxygens (including phenoxy) is 1. The van der Waals surface area contributed by atoms with Crippen molar-refractivity contribution in [1.29, 1.82) is 0 Å². The Morgan fingerprint density at radius 1 is 1.11 bits per heavy atom. The molecule has 0 saturated heterocycles. The number of carbonyl (C=O) groups is 1. The van der Waals surface area contributed by atoms with Crippen molar-refractivity contribution < 1.29 is 13.9 Å². The van der Waals surface area contributed by atoms with Crippen LogP contribution in [-0.4, -0.2) is 42.1 Å². The molecule has 0 radical (unpaired) electrons. The number of nitrogens with zero attached hydrogens (tertiary/aromatic N) is 6. The van der Waals surface area contributed by atoms with Gasteiger partial charge in [0, 0.05) is 24.6 Å². The van der Waals surface area contributed by atoms with Crippen molar-refractivity contribution in [3.05, 3.63) is 76.4 Å². The van der Waals surface area contributed by atoms with Crippen LogP contribution >= 0.6 is 0 Å². The van der Waals surface area contributed by atoms with Crippen LogP contribution < -0.4 is 0 Å². The fraction of sp³-hybridized carbons (Fsp3) is 0.370. The molecule has 1 fully saturated rings. The minimum atomic E-state index is -0.391. The van der Waals surface area contributed by atoms with E-state index in [1.807, 2.05) is 13.0 Å². The first-order chi connectivity index (χ1) is 17.4. The Morgan fingerprint density at radius 2 is 1.86 bits per heavy atom. The van der Waals surface area contributed by atoms with Gasteiger partial charge in [-0.1, -0.05) is 0 Å². The first-order valence-corrected chi connectivity index (χ1v) is 12.2. The van der Waals surface area contributed by atoms with E-state index in [1.165, 1.54) is 31.3 Å². The van der Waals surface area contributed by atoms with Crippen molar-refractivity contribution in [1.82, 2.24) is 29.5 Å². The van der Waals surface area contributed by atoms with Crippen LogP contribution in [0.1, 0.15) is 58.5 Å².